The van der Waals surface area contributed by atoms with Gasteiger partial charge in [-0.05, 0) is 70.7 Å². The Hall–Kier alpha value is -4.18. The van der Waals surface area contributed by atoms with Gasteiger partial charge in [0.1, 0.15) is 17.4 Å². The highest BCUT2D eigenvalue weighted by molar-refractivity contribution is 5.98. The number of ether oxygens (including phenoxy) is 1. The summed E-state index contributed by atoms with van der Waals surface area (Å²) >= 11 is 0. The molecule has 0 bridgehead atoms. The fourth-order valence-electron chi connectivity index (χ4n) is 5.13. The zero-order valence-corrected chi connectivity index (χ0v) is 27.6. The summed E-state index contributed by atoms with van der Waals surface area (Å²) < 4.78 is 32.7. The fraction of sp³-hybridized carbons (Fsp3) is 0.421. The van der Waals surface area contributed by atoms with Crippen LogP contribution in [0.1, 0.15) is 106 Å². The van der Waals surface area contributed by atoms with Gasteiger partial charge in [-0.2, -0.15) is 0 Å². The van der Waals surface area contributed by atoms with Crippen LogP contribution in [-0.4, -0.2) is 32.0 Å². The van der Waals surface area contributed by atoms with Gasteiger partial charge in [-0.25, -0.2) is 8.78 Å². The van der Waals surface area contributed by atoms with Crippen LogP contribution in [0.25, 0.3) is 0 Å². The van der Waals surface area contributed by atoms with Gasteiger partial charge < -0.3 is 15.4 Å². The molecule has 0 aliphatic heterocycles. The highest BCUT2D eigenvalue weighted by atomic mass is 19.1. The Morgan fingerprint density at radius 3 is 1.80 bits per heavy atom. The van der Waals surface area contributed by atoms with Crippen LogP contribution in [0.5, 0.6) is 5.75 Å². The minimum Gasteiger partial charge on any atom is -0.496 e. The normalized spacial score (nSPS) is 11.5. The second-order valence-corrected chi connectivity index (χ2v) is 13.3. The van der Waals surface area contributed by atoms with Crippen molar-refractivity contribution in [1.29, 1.82) is 0 Å². The highest BCUT2D eigenvalue weighted by Crippen LogP contribution is 2.38. The smallest absolute Gasteiger partial charge is 0.255 e. The summed E-state index contributed by atoms with van der Waals surface area (Å²) in [5.74, 6) is 5.36. The molecule has 2 N–H and O–H groups in total. The number of amides is 2. The van der Waals surface area contributed by atoms with Gasteiger partial charge in [-0.1, -0.05) is 90.1 Å². The molecule has 7 heteroatoms. The van der Waals surface area contributed by atoms with Gasteiger partial charge in [0.15, 0.2) is 0 Å². The Morgan fingerprint density at radius 1 is 0.778 bits per heavy atom. The number of unbranched alkanes of at least 4 members (excludes halogenated alkanes) is 1. The summed E-state index contributed by atoms with van der Waals surface area (Å²) in [4.78, 5) is 25.5. The number of hydrogen-bond acceptors (Lipinski definition) is 3. The van der Waals surface area contributed by atoms with Gasteiger partial charge in [-0.3, -0.25) is 9.59 Å². The first kappa shape index (κ1) is 35.3. The molecule has 5 nitrogen and oxygen atoms in total. The van der Waals surface area contributed by atoms with Gasteiger partial charge >= 0.3 is 0 Å². The summed E-state index contributed by atoms with van der Waals surface area (Å²) in [6.45, 7) is 12.9. The number of carbonyl (C=O) groups excluding carboxylic acids is 2. The number of carbonyl (C=O) groups is 2. The number of benzene rings is 3. The van der Waals surface area contributed by atoms with Crippen LogP contribution in [0, 0.1) is 23.5 Å². The first-order chi connectivity index (χ1) is 21.2. The molecule has 3 rings (SSSR count). The zero-order chi connectivity index (χ0) is 33.2. The molecule has 0 atom stereocenters. The first-order valence-electron chi connectivity index (χ1n) is 15.4. The topological polar surface area (TPSA) is 67.4 Å². The van der Waals surface area contributed by atoms with E-state index in [2.05, 4.69) is 70.1 Å². The molecule has 0 radical (unpaired) electrons. The molecule has 0 aliphatic carbocycles. The number of methoxy groups -OCH3 is 1. The third kappa shape index (κ3) is 10.5. The van der Waals surface area contributed by atoms with Gasteiger partial charge in [0, 0.05) is 17.9 Å². The predicted octanol–water partition coefficient (Wildman–Crippen LogP) is 7.81. The highest BCUT2D eigenvalue weighted by Gasteiger charge is 2.28. The van der Waals surface area contributed by atoms with E-state index in [1.165, 1.54) is 24.3 Å². The molecule has 0 saturated carbocycles. The van der Waals surface area contributed by atoms with Crippen molar-refractivity contribution in [3.8, 4) is 17.6 Å². The number of halogens is 2. The van der Waals surface area contributed by atoms with E-state index in [0.29, 0.717) is 24.2 Å². The molecule has 0 unspecified atom stereocenters. The zero-order valence-electron chi connectivity index (χ0n) is 27.6. The van der Waals surface area contributed by atoms with E-state index < -0.39 is 0 Å². The predicted molar refractivity (Wildman–Crippen MR) is 177 cm³/mol. The molecule has 0 saturated heterocycles. The lowest BCUT2D eigenvalue weighted by atomic mass is 9.78. The average molecular weight is 617 g/mol. The Kier molecular flexibility index (Phi) is 12.3. The second-order valence-electron chi connectivity index (χ2n) is 13.3. The molecule has 0 heterocycles. The monoisotopic (exact) mass is 616 g/mol. The fourth-order valence-corrected chi connectivity index (χ4v) is 5.13. The van der Waals surface area contributed by atoms with Crippen molar-refractivity contribution >= 4 is 11.8 Å². The summed E-state index contributed by atoms with van der Waals surface area (Å²) in [5, 5.41) is 5.66. The van der Waals surface area contributed by atoms with Crippen molar-refractivity contribution in [2.45, 2.75) is 84.0 Å². The number of rotatable bonds is 11. The van der Waals surface area contributed by atoms with E-state index in [0.717, 1.165) is 35.1 Å². The van der Waals surface area contributed by atoms with E-state index in [4.69, 9.17) is 4.74 Å². The molecule has 0 spiro atoms. The van der Waals surface area contributed by atoms with Crippen LogP contribution in [0.3, 0.4) is 0 Å². The van der Waals surface area contributed by atoms with Gasteiger partial charge in [0.05, 0.1) is 25.8 Å². The quantitative estimate of drug-likeness (QED) is 0.171. The minimum absolute atomic E-state index is 0.0219. The summed E-state index contributed by atoms with van der Waals surface area (Å²) in [7, 11) is 1.58. The summed E-state index contributed by atoms with van der Waals surface area (Å²) in [5.41, 5.74) is 4.03. The SMILES string of the molecule is COc1c(C(=O)NCC#CCNC(=O)CCCCC(c2ccc(F)cc2)c2ccc(F)cc2)cc(C(C)(C)C)cc1C(C)(C)C. The standard InChI is InChI=1S/C38H46F2N2O3/c1-37(2,3)28-24-32(35(45-7)33(25-28)38(4,5)6)36(44)42-23-11-10-22-41-34(43)13-9-8-12-31(26-14-18-29(39)19-15-26)27-16-20-30(40)21-17-27/h14-21,24-25,31H,8-9,12-13,22-23H2,1-7H3,(H,41,43)(H,42,44). The van der Waals surface area contributed by atoms with E-state index in [1.54, 1.807) is 31.4 Å². The van der Waals surface area contributed by atoms with Crippen molar-refractivity contribution in [3.05, 3.63) is 100 Å². The molecule has 3 aromatic rings. The molecule has 0 aliphatic rings. The van der Waals surface area contributed by atoms with Crippen molar-refractivity contribution in [3.63, 3.8) is 0 Å². The van der Waals surface area contributed by atoms with Crippen LogP contribution in [0.2, 0.25) is 0 Å². The van der Waals surface area contributed by atoms with Crippen molar-refractivity contribution in [2.75, 3.05) is 20.2 Å². The number of hydrogen-bond donors (Lipinski definition) is 2. The minimum atomic E-state index is -0.306. The number of nitrogens with one attached hydrogen (secondary N) is 2. The largest absolute Gasteiger partial charge is 0.496 e. The Labute approximate surface area is 267 Å². The van der Waals surface area contributed by atoms with Crippen LogP contribution < -0.4 is 15.4 Å². The van der Waals surface area contributed by atoms with Gasteiger partial charge in [0.2, 0.25) is 5.91 Å². The Balaban J connectivity index is 1.49. The molecule has 2 amide bonds. The van der Waals surface area contributed by atoms with E-state index in [1.807, 2.05) is 6.07 Å². The van der Waals surface area contributed by atoms with Gasteiger partial charge in [-0.15, -0.1) is 0 Å². The third-order valence-corrected chi connectivity index (χ3v) is 7.74. The van der Waals surface area contributed by atoms with Crippen LogP contribution in [-0.2, 0) is 15.6 Å². The third-order valence-electron chi connectivity index (χ3n) is 7.74. The van der Waals surface area contributed by atoms with E-state index in [-0.39, 0.29) is 53.3 Å². The molecule has 3 aromatic carbocycles. The van der Waals surface area contributed by atoms with E-state index in [9.17, 15) is 18.4 Å². The summed E-state index contributed by atoms with van der Waals surface area (Å²) in [6, 6.07) is 16.7. The Morgan fingerprint density at radius 2 is 1.31 bits per heavy atom. The lowest BCUT2D eigenvalue weighted by molar-refractivity contribution is -0.120. The molecule has 0 fully saturated rings. The van der Waals surface area contributed by atoms with Crippen LogP contribution in [0.15, 0.2) is 60.7 Å². The first-order valence-corrected chi connectivity index (χ1v) is 15.4. The van der Waals surface area contributed by atoms with Gasteiger partial charge in [0.25, 0.3) is 5.91 Å². The summed E-state index contributed by atoms with van der Waals surface area (Å²) in [6.07, 6.45) is 2.52. The Bertz CT molecular complexity index is 1460. The maximum Gasteiger partial charge on any atom is 0.255 e. The van der Waals surface area contributed by atoms with Crippen LogP contribution >= 0.6 is 0 Å². The van der Waals surface area contributed by atoms with E-state index >= 15 is 0 Å². The molecule has 0 aromatic heterocycles. The lowest BCUT2D eigenvalue weighted by Gasteiger charge is -2.28. The second kappa shape index (κ2) is 15.7. The maximum atomic E-state index is 13.5. The average Bonchev–Trinajstić information content (AvgIpc) is 2.98. The van der Waals surface area contributed by atoms with Crippen LogP contribution in [0.4, 0.5) is 8.78 Å². The molecule has 45 heavy (non-hydrogen) atoms. The van der Waals surface area contributed by atoms with Crippen molar-refractivity contribution < 1.29 is 23.1 Å². The van der Waals surface area contributed by atoms with Crippen molar-refractivity contribution in [1.82, 2.24) is 10.6 Å². The van der Waals surface area contributed by atoms with Crippen molar-refractivity contribution in [2.24, 2.45) is 0 Å². The molecule has 240 valence electrons. The maximum absolute atomic E-state index is 13.5. The molecular weight excluding hydrogens is 570 g/mol. The lowest BCUT2D eigenvalue weighted by Crippen LogP contribution is -2.27. The molecular formula is C38H46F2N2O3.